The molecule has 28 nitrogen and oxygen atoms in total. The third-order valence-corrected chi connectivity index (χ3v) is 28.6. The van der Waals surface area contributed by atoms with Gasteiger partial charge in [0.2, 0.25) is 55.4 Å². The third kappa shape index (κ3) is 21.2. The summed E-state index contributed by atoms with van der Waals surface area (Å²) < 4.78 is 103. The lowest BCUT2D eigenvalue weighted by Crippen LogP contribution is -2.47. The quantitative estimate of drug-likeness (QED) is 0.0529. The fraction of sp³-hybridized carbons (Fsp3) is 0.565. The summed E-state index contributed by atoms with van der Waals surface area (Å²) in [5.74, 6) is -2.59. The summed E-state index contributed by atoms with van der Waals surface area (Å²) in [7, 11) is -1.47. The summed E-state index contributed by atoms with van der Waals surface area (Å²) in [4.78, 5) is 137. The number of methoxy groups -OCH3 is 4. The van der Waals surface area contributed by atoms with Crippen LogP contribution in [0.1, 0.15) is 185 Å². The van der Waals surface area contributed by atoms with Crippen molar-refractivity contribution in [3.05, 3.63) is 109 Å². The molecule has 122 heavy (non-hydrogen) atoms. The summed E-state index contributed by atoms with van der Waals surface area (Å²) in [6.45, 7) is 18.8. The Morgan fingerprint density at radius 2 is 0.828 bits per heavy atom. The van der Waals surface area contributed by atoms with Crippen LogP contribution in [-0.4, -0.2) is 181 Å². The van der Waals surface area contributed by atoms with E-state index in [1.165, 1.54) is 9.80 Å². The summed E-state index contributed by atoms with van der Waals surface area (Å²) in [6, 6.07) is 23.2. The molecule has 6 heterocycles. The van der Waals surface area contributed by atoms with Gasteiger partial charge in [0.25, 0.3) is 0 Å². The van der Waals surface area contributed by atoms with Gasteiger partial charge >= 0.3 is 11.9 Å². The van der Waals surface area contributed by atoms with Crippen LogP contribution in [0.2, 0.25) is 0 Å². The highest BCUT2D eigenvalue weighted by atomic mass is 32.2. The van der Waals surface area contributed by atoms with Crippen molar-refractivity contribution in [2.75, 3.05) is 41.5 Å². The van der Waals surface area contributed by atoms with Crippen LogP contribution >= 0.6 is 0 Å². The lowest BCUT2D eigenvalue weighted by atomic mass is 9.82. The number of amides is 4. The lowest BCUT2D eigenvalue weighted by Gasteiger charge is -2.32. The van der Waals surface area contributed by atoms with Crippen molar-refractivity contribution in [1.82, 2.24) is 39.2 Å². The number of allylic oxidation sites excluding steroid dienone is 4. The van der Waals surface area contributed by atoms with Gasteiger partial charge in [0.1, 0.15) is 46.4 Å². The zero-order valence-corrected chi connectivity index (χ0v) is 73.9. The smallest absolute Gasteiger partial charge is 0.307 e. The van der Waals surface area contributed by atoms with Gasteiger partial charge in [-0.2, -0.15) is 9.97 Å². The van der Waals surface area contributed by atoms with Crippen molar-refractivity contribution in [1.29, 1.82) is 0 Å². The molecule has 0 spiro atoms. The van der Waals surface area contributed by atoms with Crippen LogP contribution in [-0.2, 0) is 67.9 Å². The molecule has 30 heteroatoms. The second-order valence-electron chi connectivity index (χ2n) is 36.9. The Kier molecular flexibility index (Phi) is 26.7. The van der Waals surface area contributed by atoms with E-state index in [2.05, 4.69) is 23.3 Å². The van der Waals surface area contributed by atoms with Crippen molar-refractivity contribution in [3.8, 4) is 57.5 Å². The topological polar surface area (TPSA) is 361 Å². The first kappa shape index (κ1) is 89.7. The average molecular weight is 1720 g/mol. The molecule has 8 aliphatic rings. The molecular weight excluding hydrogens is 1600 g/mol. The molecule has 14 rings (SSSR count). The van der Waals surface area contributed by atoms with Crippen LogP contribution in [0.3, 0.4) is 0 Å². The molecule has 4 saturated carbocycles. The van der Waals surface area contributed by atoms with Gasteiger partial charge in [0.15, 0.2) is 23.2 Å². The van der Waals surface area contributed by atoms with Crippen molar-refractivity contribution >= 4 is 89.0 Å². The largest absolute Gasteiger partial charge is 0.497 e. The Hall–Kier alpha value is -10.1. The molecule has 2 saturated heterocycles. The molecule has 4 amide bonds. The Labute approximate surface area is 714 Å². The van der Waals surface area contributed by atoms with Crippen LogP contribution in [0.25, 0.3) is 44.6 Å². The molecule has 0 radical (unpaired) electrons. The van der Waals surface area contributed by atoms with Crippen LogP contribution in [0.5, 0.6) is 34.8 Å². The zero-order valence-electron chi connectivity index (χ0n) is 72.3. The molecule has 0 bridgehead atoms. The van der Waals surface area contributed by atoms with E-state index in [0.717, 1.165) is 12.8 Å². The average Bonchev–Trinajstić information content (AvgIpc) is 1.58. The predicted molar refractivity (Wildman–Crippen MR) is 456 cm³/mol. The molecule has 656 valence electrons. The molecule has 2 aromatic heterocycles. The second-order valence-corrected chi connectivity index (χ2v) is 40.8. The predicted octanol–water partition coefficient (Wildman–Crippen LogP) is 13.2. The number of Topliss-reactive ketones (excluding diaryl/α,β-unsaturated/α-hetero) is 2. The maximum Gasteiger partial charge on any atom is 0.307 e. The Balaban J connectivity index is 0.000000210. The summed E-state index contributed by atoms with van der Waals surface area (Å²) in [5.41, 5.74) is -1.60. The molecule has 6 aromatic rings. The fourth-order valence-corrected chi connectivity index (χ4v) is 20.5. The molecule has 4 aliphatic heterocycles. The number of fused-ring (bicyclic) bond motifs is 6. The molecular formula is C92H116N8O20S2. The summed E-state index contributed by atoms with van der Waals surface area (Å²) in [5, 5.41) is -0.0562. The minimum absolute atomic E-state index is 0.000436. The number of nitrogens with one attached hydrogen (secondary N) is 2. The third-order valence-electron chi connectivity index (χ3n) is 24.9. The van der Waals surface area contributed by atoms with Crippen LogP contribution in [0.15, 0.2) is 109 Å². The van der Waals surface area contributed by atoms with Gasteiger partial charge in [-0.3, -0.25) is 47.8 Å². The van der Waals surface area contributed by atoms with Gasteiger partial charge in [-0.25, -0.2) is 26.8 Å². The molecule has 6 fully saturated rings. The highest BCUT2D eigenvalue weighted by Gasteiger charge is 2.64. The zero-order chi connectivity index (χ0) is 87.7. The van der Waals surface area contributed by atoms with E-state index in [4.69, 9.17) is 57.8 Å². The van der Waals surface area contributed by atoms with E-state index < -0.39 is 112 Å². The Bertz CT molecular complexity index is 4930. The molecule has 4 aliphatic carbocycles. The summed E-state index contributed by atoms with van der Waals surface area (Å²) in [6.07, 6.45) is 12.6. The van der Waals surface area contributed by atoms with Crippen LogP contribution < -0.4 is 37.9 Å². The van der Waals surface area contributed by atoms with E-state index in [9.17, 15) is 45.6 Å². The minimum Gasteiger partial charge on any atom is -0.497 e. The number of hydrogen-bond donors (Lipinski definition) is 2. The number of esters is 2. The number of aromatic nitrogens is 4. The van der Waals surface area contributed by atoms with Gasteiger partial charge in [0.05, 0.1) is 121 Å². The van der Waals surface area contributed by atoms with E-state index in [1.54, 1.807) is 131 Å². The highest BCUT2D eigenvalue weighted by Crippen LogP contribution is 2.59. The van der Waals surface area contributed by atoms with Crippen molar-refractivity contribution < 1.29 is 93.1 Å². The van der Waals surface area contributed by atoms with Crippen molar-refractivity contribution in [3.63, 3.8) is 0 Å². The monoisotopic (exact) mass is 1720 g/mol. The van der Waals surface area contributed by atoms with E-state index in [0.29, 0.717) is 132 Å². The molecule has 14 atom stereocenters. The number of carbonyl (C=O) groups is 8. The van der Waals surface area contributed by atoms with E-state index in [-0.39, 0.29) is 122 Å². The maximum atomic E-state index is 15.1. The number of sulfonamides is 2. The first-order valence-corrected chi connectivity index (χ1v) is 45.8. The number of hydrogen-bond acceptors (Lipinski definition) is 24. The number of ketones is 2. The maximum absolute atomic E-state index is 15.1. The highest BCUT2D eigenvalue weighted by molar-refractivity contribution is 7.91. The Morgan fingerprint density at radius 3 is 1.16 bits per heavy atom. The van der Waals surface area contributed by atoms with Gasteiger partial charge in [-0.05, 0) is 227 Å². The fourth-order valence-electron chi connectivity index (χ4n) is 17.7. The van der Waals surface area contributed by atoms with Crippen molar-refractivity contribution in [2.24, 2.45) is 58.2 Å². The van der Waals surface area contributed by atoms with Crippen molar-refractivity contribution in [2.45, 2.75) is 231 Å². The van der Waals surface area contributed by atoms with Gasteiger partial charge in [-0.15, -0.1) is 0 Å². The summed E-state index contributed by atoms with van der Waals surface area (Å²) >= 11 is 0. The first-order chi connectivity index (χ1) is 57.8. The standard InChI is InChI=1S/2C46H58N4O10S/c2*1-27-10-8-9-11-30-24-46(30,44(54)49-61(55,56)34-17-18-34)25-39(51)38-22-33(26-50(38)43(53)36(28(2)20-27)23-40(52)60-45(3,4)5)59-42-35-19-16-32(58-7)21-37(35)47-41(48-42)29-12-14-31(57-6)15-13-29/h2*9,11-16,19,21,27-28,30,33-34,36,38H,8,10,17-18,20,22-26H2,1-7H3,(H,49,54)/b2*11-9-/t27-,28+,30+,33+,36-,38-,46+;27-,28-,30-,33-,36+,38+,46-/m01/s1. The van der Waals surface area contributed by atoms with Gasteiger partial charge < -0.3 is 47.7 Å². The first-order valence-electron chi connectivity index (χ1n) is 42.7. The lowest BCUT2D eigenvalue weighted by molar-refractivity contribution is -0.160. The number of carbonyl (C=O) groups excluding carboxylic acids is 8. The normalized spacial score (nSPS) is 27.8. The van der Waals surface area contributed by atoms with Gasteiger partial charge in [-0.1, -0.05) is 52.0 Å². The van der Waals surface area contributed by atoms with Crippen LogP contribution in [0.4, 0.5) is 0 Å². The number of rotatable bonds is 20. The number of benzene rings is 4. The Morgan fingerprint density at radius 1 is 0.475 bits per heavy atom. The number of ether oxygens (including phenoxy) is 8. The molecule has 0 unspecified atom stereocenters. The second kappa shape index (κ2) is 36.4. The van der Waals surface area contributed by atoms with E-state index >= 15 is 9.59 Å². The van der Waals surface area contributed by atoms with Gasteiger partial charge in [0, 0.05) is 48.9 Å². The minimum atomic E-state index is -3.88. The SMILES string of the molecule is COc1ccc(-c2nc(O[C@@H]3C[C@H]4C(=O)C[C@]5(C(=O)NS(=O)(=O)C6CC6)C[C@H]5/C=C\CC[C@@H](C)C[C@@H](C)[C@H](CC(=O)OC(C)(C)C)C(=O)N4C3)c3ccc(OC)cc3n2)cc1.COc1ccc(-c2nc(O[C@@H]3C[C@H]4C(=O)C[C@]5(C(=O)NS(=O)(=O)C6CC6)C[C@H]5/C=C\CC[C@H](C)C[C@@H](C)[C@H](CC(=O)OC(C)(C)C)C(=O)N4C3)c3ccc(OC)cc3n2)cc1. The van der Waals surface area contributed by atoms with Crippen LogP contribution in [0, 0.1) is 58.2 Å². The molecule has 2 N–H and O–H groups in total. The van der Waals surface area contributed by atoms with E-state index in [1.807, 2.05) is 62.4 Å². The number of nitrogens with zero attached hydrogens (tertiary/aromatic N) is 6. The molecule has 4 aromatic carbocycles.